The summed E-state index contributed by atoms with van der Waals surface area (Å²) in [6.45, 7) is 2.81. The summed E-state index contributed by atoms with van der Waals surface area (Å²) in [5.41, 5.74) is 1.16. The molecule has 0 fully saturated rings. The van der Waals surface area contributed by atoms with Gasteiger partial charge in [-0.2, -0.15) is 4.39 Å². The van der Waals surface area contributed by atoms with Crippen molar-refractivity contribution in [2.24, 2.45) is 0 Å². The Bertz CT molecular complexity index is 626. The summed E-state index contributed by atoms with van der Waals surface area (Å²) in [5, 5.41) is 0. The van der Waals surface area contributed by atoms with Crippen LogP contribution in [0, 0.1) is 18.7 Å². The minimum atomic E-state index is -0.693. The fraction of sp³-hybridized carbons (Fsp3) is 0.154. The maximum atomic E-state index is 13.6. The van der Waals surface area contributed by atoms with Crippen LogP contribution in [0.2, 0.25) is 0 Å². The molecule has 0 saturated heterocycles. The third-order valence-corrected chi connectivity index (χ3v) is 2.52. The number of rotatable bonds is 2. The molecule has 0 aliphatic carbocycles. The molecule has 3 nitrogen and oxygen atoms in total. The van der Waals surface area contributed by atoms with Gasteiger partial charge in [-0.25, -0.2) is 14.4 Å². The first-order valence-corrected chi connectivity index (χ1v) is 5.28. The van der Waals surface area contributed by atoms with Gasteiger partial charge in [0.25, 0.3) is 0 Å². The summed E-state index contributed by atoms with van der Waals surface area (Å²) >= 11 is 0. The number of ketones is 1. The molecule has 5 heteroatoms. The van der Waals surface area contributed by atoms with E-state index in [0.717, 1.165) is 0 Å². The van der Waals surface area contributed by atoms with E-state index in [1.54, 1.807) is 13.0 Å². The predicted molar refractivity (Wildman–Crippen MR) is 62.1 cm³/mol. The van der Waals surface area contributed by atoms with E-state index < -0.39 is 17.5 Å². The molecular weight excluding hydrogens is 238 g/mol. The van der Waals surface area contributed by atoms with Crippen LogP contribution < -0.4 is 0 Å². The summed E-state index contributed by atoms with van der Waals surface area (Å²) in [6, 6.07) is 2.74. The van der Waals surface area contributed by atoms with Gasteiger partial charge in [0.2, 0.25) is 5.95 Å². The normalized spacial score (nSPS) is 10.4. The fourth-order valence-electron chi connectivity index (χ4n) is 1.57. The van der Waals surface area contributed by atoms with Crippen molar-refractivity contribution in [3.63, 3.8) is 0 Å². The second kappa shape index (κ2) is 4.60. The monoisotopic (exact) mass is 248 g/mol. The average Bonchev–Trinajstić information content (AvgIpc) is 2.32. The lowest BCUT2D eigenvalue weighted by Gasteiger charge is -2.04. The topological polar surface area (TPSA) is 42.9 Å². The van der Waals surface area contributed by atoms with Gasteiger partial charge in [-0.05, 0) is 19.1 Å². The van der Waals surface area contributed by atoms with Crippen molar-refractivity contribution in [3.05, 3.63) is 47.5 Å². The van der Waals surface area contributed by atoms with Crippen molar-refractivity contribution >= 4 is 5.78 Å². The highest BCUT2D eigenvalue weighted by Crippen LogP contribution is 2.21. The maximum absolute atomic E-state index is 13.6. The molecule has 92 valence electrons. The number of Topliss-reactive ketones (excluding diaryl/α,β-unsaturated/α-hetero) is 1. The number of aromatic nitrogens is 2. The van der Waals surface area contributed by atoms with Crippen LogP contribution in [-0.4, -0.2) is 15.8 Å². The first-order chi connectivity index (χ1) is 8.49. The molecule has 0 bridgehead atoms. The molecule has 0 atom stereocenters. The van der Waals surface area contributed by atoms with Crippen LogP contribution >= 0.6 is 0 Å². The quantitative estimate of drug-likeness (QED) is 0.606. The van der Waals surface area contributed by atoms with Crippen molar-refractivity contribution < 1.29 is 13.6 Å². The van der Waals surface area contributed by atoms with E-state index in [-0.39, 0.29) is 5.69 Å². The third-order valence-electron chi connectivity index (χ3n) is 2.52. The number of nitrogens with zero attached hydrogens (tertiary/aromatic N) is 2. The highest BCUT2D eigenvalue weighted by molar-refractivity contribution is 5.92. The molecule has 0 N–H and O–H groups in total. The summed E-state index contributed by atoms with van der Waals surface area (Å²) < 4.78 is 26.6. The number of carbonyl (C=O) groups is 1. The Hall–Kier alpha value is -2.17. The molecule has 0 aromatic carbocycles. The molecule has 2 aromatic heterocycles. The Labute approximate surface area is 103 Å². The second-order valence-corrected chi connectivity index (χ2v) is 3.94. The zero-order valence-electron chi connectivity index (χ0n) is 9.87. The summed E-state index contributed by atoms with van der Waals surface area (Å²) in [5.74, 6) is -1.69. The summed E-state index contributed by atoms with van der Waals surface area (Å²) in [7, 11) is 0. The Morgan fingerprint density at radius 2 is 1.72 bits per heavy atom. The lowest BCUT2D eigenvalue weighted by Crippen LogP contribution is -2.01. The number of carbonyl (C=O) groups excluding carboxylic acids is 1. The van der Waals surface area contributed by atoms with E-state index in [1.807, 2.05) is 0 Å². The molecule has 2 aromatic rings. The molecule has 0 unspecified atom stereocenters. The average molecular weight is 248 g/mol. The van der Waals surface area contributed by atoms with Gasteiger partial charge in [0, 0.05) is 36.0 Å². The zero-order valence-corrected chi connectivity index (χ0v) is 9.87. The maximum Gasteiger partial charge on any atom is 0.215 e. The van der Waals surface area contributed by atoms with Gasteiger partial charge >= 0.3 is 0 Å². The van der Waals surface area contributed by atoms with Crippen molar-refractivity contribution in [1.29, 1.82) is 0 Å². The first kappa shape index (κ1) is 12.3. The molecule has 18 heavy (non-hydrogen) atoms. The smallest absolute Gasteiger partial charge is 0.215 e. The SMILES string of the molecule is CC(=O)c1ncc(-c2cnc(F)c(C)c2)cc1F. The van der Waals surface area contributed by atoms with E-state index in [0.29, 0.717) is 16.7 Å². The number of hydrogen-bond acceptors (Lipinski definition) is 3. The Morgan fingerprint density at radius 1 is 1.11 bits per heavy atom. The van der Waals surface area contributed by atoms with Gasteiger partial charge in [-0.3, -0.25) is 4.79 Å². The van der Waals surface area contributed by atoms with Crippen molar-refractivity contribution in [2.75, 3.05) is 0 Å². The molecule has 0 aliphatic heterocycles. The van der Waals surface area contributed by atoms with Crippen molar-refractivity contribution in [2.45, 2.75) is 13.8 Å². The van der Waals surface area contributed by atoms with Crippen LogP contribution in [0.5, 0.6) is 0 Å². The molecule has 2 rings (SSSR count). The number of hydrogen-bond donors (Lipinski definition) is 0. The highest BCUT2D eigenvalue weighted by Gasteiger charge is 2.11. The predicted octanol–water partition coefficient (Wildman–Crippen LogP) is 2.93. The van der Waals surface area contributed by atoms with Crippen LogP contribution in [-0.2, 0) is 0 Å². The molecular formula is C13H10F2N2O. The first-order valence-electron chi connectivity index (χ1n) is 5.28. The molecule has 2 heterocycles. The molecule has 0 amide bonds. The lowest BCUT2D eigenvalue weighted by molar-refractivity contribution is 0.100. The zero-order chi connectivity index (χ0) is 13.3. The molecule has 0 radical (unpaired) electrons. The minimum absolute atomic E-state index is 0.203. The van der Waals surface area contributed by atoms with E-state index in [9.17, 15) is 13.6 Å². The third kappa shape index (κ3) is 2.25. The van der Waals surface area contributed by atoms with E-state index in [4.69, 9.17) is 0 Å². The molecule has 0 aliphatic rings. The van der Waals surface area contributed by atoms with Gasteiger partial charge in [0.1, 0.15) is 5.69 Å². The van der Waals surface area contributed by atoms with Crippen LogP contribution in [0.1, 0.15) is 23.0 Å². The second-order valence-electron chi connectivity index (χ2n) is 3.94. The van der Waals surface area contributed by atoms with Crippen LogP contribution in [0.4, 0.5) is 8.78 Å². The van der Waals surface area contributed by atoms with E-state index in [1.165, 1.54) is 25.4 Å². The van der Waals surface area contributed by atoms with Crippen LogP contribution in [0.3, 0.4) is 0 Å². The van der Waals surface area contributed by atoms with Gasteiger partial charge in [0.15, 0.2) is 11.6 Å². The van der Waals surface area contributed by atoms with E-state index in [2.05, 4.69) is 9.97 Å². The van der Waals surface area contributed by atoms with Crippen LogP contribution in [0.15, 0.2) is 24.5 Å². The Kier molecular flexibility index (Phi) is 3.14. The van der Waals surface area contributed by atoms with Gasteiger partial charge in [-0.15, -0.1) is 0 Å². The van der Waals surface area contributed by atoms with Gasteiger partial charge in [0.05, 0.1) is 0 Å². The minimum Gasteiger partial charge on any atom is -0.293 e. The highest BCUT2D eigenvalue weighted by atomic mass is 19.1. The number of halogens is 2. The Balaban J connectivity index is 2.48. The largest absolute Gasteiger partial charge is 0.293 e. The fourth-order valence-corrected chi connectivity index (χ4v) is 1.57. The number of aryl methyl sites for hydroxylation is 1. The standard InChI is InChI=1S/C13H10F2N2O/c1-7-3-9(6-17-13(7)15)10-4-11(14)12(8(2)18)16-5-10/h3-6H,1-2H3. The van der Waals surface area contributed by atoms with Crippen molar-refractivity contribution in [3.8, 4) is 11.1 Å². The van der Waals surface area contributed by atoms with E-state index >= 15 is 0 Å². The van der Waals surface area contributed by atoms with Gasteiger partial charge < -0.3 is 0 Å². The summed E-state index contributed by atoms with van der Waals surface area (Å²) in [6.07, 6.45) is 2.67. The molecule has 0 spiro atoms. The van der Waals surface area contributed by atoms with Crippen LogP contribution in [0.25, 0.3) is 11.1 Å². The van der Waals surface area contributed by atoms with Gasteiger partial charge in [-0.1, -0.05) is 0 Å². The lowest BCUT2D eigenvalue weighted by atomic mass is 10.1. The molecule has 0 saturated carbocycles. The Morgan fingerprint density at radius 3 is 2.28 bits per heavy atom. The summed E-state index contributed by atoms with van der Waals surface area (Å²) in [4.78, 5) is 18.4. The van der Waals surface area contributed by atoms with Crippen molar-refractivity contribution in [1.82, 2.24) is 9.97 Å². The number of pyridine rings is 2.